The molecule has 13 heavy (non-hydrogen) atoms. The molecule has 2 rings (SSSR count). The predicted molar refractivity (Wildman–Crippen MR) is 57.3 cm³/mol. The summed E-state index contributed by atoms with van der Waals surface area (Å²) in [4.78, 5) is 4.07. The molecule has 0 aliphatic carbocycles. The molecule has 0 aliphatic rings. The van der Waals surface area contributed by atoms with E-state index < -0.39 is 0 Å². The summed E-state index contributed by atoms with van der Waals surface area (Å²) in [6, 6.07) is 5.90. The first kappa shape index (κ1) is 8.97. The minimum atomic E-state index is 0.827. The maximum atomic E-state index is 4.92. The SMILES string of the molecule is Brc1cccc(-c2cocn2)c1Br. The van der Waals surface area contributed by atoms with E-state index in [0.29, 0.717) is 0 Å². The third-order valence-electron chi connectivity index (χ3n) is 1.66. The van der Waals surface area contributed by atoms with E-state index in [1.807, 2.05) is 18.2 Å². The van der Waals surface area contributed by atoms with Crippen LogP contribution in [0.15, 0.2) is 44.2 Å². The van der Waals surface area contributed by atoms with Crippen LogP contribution in [0, 0.1) is 0 Å². The topological polar surface area (TPSA) is 26.0 Å². The van der Waals surface area contributed by atoms with Crippen molar-refractivity contribution in [3.63, 3.8) is 0 Å². The third-order valence-corrected chi connectivity index (χ3v) is 3.71. The zero-order valence-corrected chi connectivity index (χ0v) is 9.67. The zero-order chi connectivity index (χ0) is 9.26. The Balaban J connectivity index is 2.59. The van der Waals surface area contributed by atoms with Crippen LogP contribution in [0.5, 0.6) is 0 Å². The molecular formula is C9H5Br2NO. The maximum absolute atomic E-state index is 4.92. The van der Waals surface area contributed by atoms with Gasteiger partial charge in [-0.2, -0.15) is 0 Å². The molecule has 4 heteroatoms. The van der Waals surface area contributed by atoms with Crippen molar-refractivity contribution in [3.8, 4) is 11.3 Å². The van der Waals surface area contributed by atoms with E-state index >= 15 is 0 Å². The largest absolute Gasteiger partial charge is 0.451 e. The van der Waals surface area contributed by atoms with Crippen molar-refractivity contribution in [2.75, 3.05) is 0 Å². The molecule has 0 fully saturated rings. The molecule has 66 valence electrons. The van der Waals surface area contributed by atoms with Crippen molar-refractivity contribution in [2.45, 2.75) is 0 Å². The molecule has 0 aliphatic heterocycles. The average molecular weight is 303 g/mol. The second-order valence-electron chi connectivity index (χ2n) is 2.48. The highest BCUT2D eigenvalue weighted by atomic mass is 79.9. The van der Waals surface area contributed by atoms with Gasteiger partial charge in [-0.25, -0.2) is 4.98 Å². The molecule has 0 bridgehead atoms. The fraction of sp³-hybridized carbons (Fsp3) is 0. The third kappa shape index (κ3) is 1.69. The summed E-state index contributed by atoms with van der Waals surface area (Å²) >= 11 is 6.90. The van der Waals surface area contributed by atoms with Crippen molar-refractivity contribution in [2.24, 2.45) is 0 Å². The standard InChI is InChI=1S/C9H5Br2NO/c10-7-3-1-2-6(9(7)11)8-4-13-5-12-8/h1-5H. The summed E-state index contributed by atoms with van der Waals surface area (Å²) in [5.41, 5.74) is 1.84. The molecule has 0 saturated carbocycles. The van der Waals surface area contributed by atoms with Crippen molar-refractivity contribution >= 4 is 31.9 Å². The van der Waals surface area contributed by atoms with Crippen molar-refractivity contribution in [3.05, 3.63) is 39.8 Å². The van der Waals surface area contributed by atoms with E-state index in [1.165, 1.54) is 6.39 Å². The van der Waals surface area contributed by atoms with E-state index in [2.05, 4.69) is 36.8 Å². The number of rotatable bonds is 1. The summed E-state index contributed by atoms with van der Waals surface area (Å²) < 4.78 is 6.91. The van der Waals surface area contributed by atoms with E-state index in [4.69, 9.17) is 4.42 Å². The Hall–Kier alpha value is -0.610. The Bertz CT molecular complexity index is 412. The van der Waals surface area contributed by atoms with Crippen LogP contribution in [0.25, 0.3) is 11.3 Å². The quantitative estimate of drug-likeness (QED) is 0.799. The Morgan fingerprint density at radius 3 is 2.77 bits per heavy atom. The van der Waals surface area contributed by atoms with Crippen LogP contribution in [0.3, 0.4) is 0 Å². The molecule has 0 N–H and O–H groups in total. The number of hydrogen-bond acceptors (Lipinski definition) is 2. The molecule has 1 heterocycles. The summed E-state index contributed by atoms with van der Waals surface area (Å²) in [6.45, 7) is 0. The first-order valence-corrected chi connectivity index (χ1v) is 5.20. The van der Waals surface area contributed by atoms with Crippen LogP contribution in [0.1, 0.15) is 0 Å². The summed E-state index contributed by atoms with van der Waals surface area (Å²) in [7, 11) is 0. The summed E-state index contributed by atoms with van der Waals surface area (Å²) in [6.07, 6.45) is 3.04. The minimum absolute atomic E-state index is 0.827. The molecule has 1 aromatic carbocycles. The van der Waals surface area contributed by atoms with Crippen LogP contribution < -0.4 is 0 Å². The van der Waals surface area contributed by atoms with Crippen LogP contribution in [-0.4, -0.2) is 4.98 Å². The smallest absolute Gasteiger partial charge is 0.181 e. The predicted octanol–water partition coefficient (Wildman–Crippen LogP) is 3.87. The van der Waals surface area contributed by atoms with Crippen molar-refractivity contribution in [1.82, 2.24) is 4.98 Å². The van der Waals surface area contributed by atoms with Gasteiger partial charge in [0.05, 0.1) is 0 Å². The molecular weight excluding hydrogens is 298 g/mol. The fourth-order valence-electron chi connectivity index (χ4n) is 1.05. The average Bonchev–Trinajstić information content (AvgIpc) is 2.62. The van der Waals surface area contributed by atoms with Crippen LogP contribution >= 0.6 is 31.9 Å². The highest BCUT2D eigenvalue weighted by Crippen LogP contribution is 2.32. The van der Waals surface area contributed by atoms with Crippen LogP contribution in [0.2, 0.25) is 0 Å². The lowest BCUT2D eigenvalue weighted by molar-refractivity contribution is 0.558. The highest BCUT2D eigenvalue weighted by Gasteiger charge is 2.07. The molecule has 0 amide bonds. The molecule has 0 atom stereocenters. The monoisotopic (exact) mass is 301 g/mol. The molecule has 0 unspecified atom stereocenters. The lowest BCUT2D eigenvalue weighted by atomic mass is 10.2. The van der Waals surface area contributed by atoms with Crippen LogP contribution in [0.4, 0.5) is 0 Å². The molecule has 1 aromatic heterocycles. The van der Waals surface area contributed by atoms with Gasteiger partial charge in [-0.05, 0) is 37.9 Å². The number of oxazole rings is 1. The van der Waals surface area contributed by atoms with Crippen molar-refractivity contribution in [1.29, 1.82) is 0 Å². The van der Waals surface area contributed by atoms with Crippen LogP contribution in [-0.2, 0) is 0 Å². The zero-order valence-electron chi connectivity index (χ0n) is 6.50. The molecule has 2 nitrogen and oxygen atoms in total. The lowest BCUT2D eigenvalue weighted by Crippen LogP contribution is -1.79. The first-order valence-electron chi connectivity index (χ1n) is 3.61. The number of hydrogen-bond donors (Lipinski definition) is 0. The van der Waals surface area contributed by atoms with Gasteiger partial charge in [-0.3, -0.25) is 0 Å². The van der Waals surface area contributed by atoms with E-state index in [9.17, 15) is 0 Å². The normalized spacial score (nSPS) is 10.3. The molecule has 0 radical (unpaired) electrons. The van der Waals surface area contributed by atoms with Crippen molar-refractivity contribution < 1.29 is 4.42 Å². The highest BCUT2D eigenvalue weighted by molar-refractivity contribution is 9.13. The van der Waals surface area contributed by atoms with Gasteiger partial charge in [-0.1, -0.05) is 12.1 Å². The van der Waals surface area contributed by atoms with E-state index in [1.54, 1.807) is 6.26 Å². The van der Waals surface area contributed by atoms with Gasteiger partial charge < -0.3 is 4.42 Å². The Kier molecular flexibility index (Phi) is 2.51. The molecule has 0 saturated heterocycles. The van der Waals surface area contributed by atoms with E-state index in [-0.39, 0.29) is 0 Å². The van der Waals surface area contributed by atoms with E-state index in [0.717, 1.165) is 20.2 Å². The number of aromatic nitrogens is 1. The molecule has 0 spiro atoms. The van der Waals surface area contributed by atoms with Gasteiger partial charge in [0.1, 0.15) is 12.0 Å². The van der Waals surface area contributed by atoms with Gasteiger partial charge in [0, 0.05) is 14.5 Å². The molecule has 2 aromatic rings. The number of benzene rings is 1. The Labute approximate surface area is 92.2 Å². The second kappa shape index (κ2) is 3.64. The second-order valence-corrected chi connectivity index (χ2v) is 4.12. The van der Waals surface area contributed by atoms with Gasteiger partial charge in [-0.15, -0.1) is 0 Å². The van der Waals surface area contributed by atoms with Gasteiger partial charge >= 0.3 is 0 Å². The van der Waals surface area contributed by atoms with Gasteiger partial charge in [0.15, 0.2) is 6.39 Å². The summed E-state index contributed by atoms with van der Waals surface area (Å²) in [5, 5.41) is 0. The fourth-order valence-corrected chi connectivity index (χ4v) is 1.88. The number of nitrogens with zero attached hydrogens (tertiary/aromatic N) is 1. The minimum Gasteiger partial charge on any atom is -0.451 e. The van der Waals surface area contributed by atoms with Gasteiger partial charge in [0.2, 0.25) is 0 Å². The first-order chi connectivity index (χ1) is 6.29. The Morgan fingerprint density at radius 1 is 1.23 bits per heavy atom. The number of halogens is 2. The lowest BCUT2D eigenvalue weighted by Gasteiger charge is -2.01. The summed E-state index contributed by atoms with van der Waals surface area (Å²) in [5.74, 6) is 0. The Morgan fingerprint density at radius 2 is 2.08 bits per heavy atom. The maximum Gasteiger partial charge on any atom is 0.181 e. The van der Waals surface area contributed by atoms with Gasteiger partial charge in [0.25, 0.3) is 0 Å².